The van der Waals surface area contributed by atoms with Crippen LogP contribution in [0, 0.1) is 0 Å². The largest absolute Gasteiger partial charge is 0.289 e. The van der Waals surface area contributed by atoms with Crippen LogP contribution in [0.25, 0.3) is 11.1 Å². The summed E-state index contributed by atoms with van der Waals surface area (Å²) in [7, 11) is 0. The Bertz CT molecular complexity index is 1720. The number of Topliss-reactive ketones (excluding diaryl/α,β-unsaturated/α-hetero) is 2. The molecule has 218 valence electrons. The van der Waals surface area contributed by atoms with E-state index in [4.69, 9.17) is 69.6 Å². The second-order valence-corrected chi connectivity index (χ2v) is 13.9. The maximum Gasteiger partial charge on any atom is 0.184 e. The molecule has 1 aromatic heterocycles. The first-order valence-electron chi connectivity index (χ1n) is 13.0. The first-order valence-corrected chi connectivity index (χ1v) is 16.1. The average Bonchev–Trinajstić information content (AvgIpc) is 3.38. The summed E-state index contributed by atoms with van der Waals surface area (Å²) in [6.07, 6.45) is 7.34. The zero-order valence-electron chi connectivity index (χ0n) is 23.3. The quantitative estimate of drug-likeness (QED) is 0.271. The molecule has 0 amide bonds. The van der Waals surface area contributed by atoms with Crippen LogP contribution >= 0.6 is 80.9 Å². The van der Waals surface area contributed by atoms with Crippen molar-refractivity contribution in [2.45, 2.75) is 27.7 Å². The van der Waals surface area contributed by atoms with E-state index in [9.17, 15) is 9.59 Å². The fourth-order valence-corrected chi connectivity index (χ4v) is 8.34. The fourth-order valence-electron chi connectivity index (χ4n) is 5.18. The van der Waals surface area contributed by atoms with E-state index in [-0.39, 0.29) is 11.6 Å². The molecule has 5 rings (SSSR count). The molecular weight excluding hydrogens is 685 g/mol. The molecule has 0 N–H and O–H groups in total. The molecule has 0 radical (unpaired) electrons. The van der Waals surface area contributed by atoms with E-state index in [1.165, 1.54) is 11.3 Å². The maximum absolute atomic E-state index is 12.6. The first-order chi connectivity index (χ1) is 20.3. The maximum atomic E-state index is 12.6. The Kier molecular flexibility index (Phi) is 9.38. The van der Waals surface area contributed by atoms with Gasteiger partial charge in [0.25, 0.3) is 0 Å². The Hall–Kier alpha value is -2.34. The molecule has 9 heteroatoms. The van der Waals surface area contributed by atoms with Gasteiger partial charge in [-0.05, 0) is 122 Å². The van der Waals surface area contributed by atoms with Gasteiger partial charge in [-0.25, -0.2) is 0 Å². The van der Waals surface area contributed by atoms with Crippen molar-refractivity contribution in [2.24, 2.45) is 0 Å². The highest BCUT2D eigenvalue weighted by molar-refractivity contribution is 7.14. The number of benzene rings is 2. The van der Waals surface area contributed by atoms with E-state index in [0.29, 0.717) is 63.6 Å². The molecule has 2 aliphatic rings. The number of allylic oxidation sites excluding steroid dienone is 10. The van der Waals surface area contributed by atoms with E-state index in [0.717, 1.165) is 32.0 Å². The van der Waals surface area contributed by atoms with Crippen LogP contribution in [0.2, 0.25) is 30.1 Å². The van der Waals surface area contributed by atoms with Crippen LogP contribution in [-0.2, 0) is 9.59 Å². The van der Waals surface area contributed by atoms with Crippen molar-refractivity contribution in [1.82, 2.24) is 0 Å². The number of carbonyl (C=O) groups is 2. The summed E-state index contributed by atoms with van der Waals surface area (Å²) < 4.78 is 0. The van der Waals surface area contributed by atoms with E-state index >= 15 is 0 Å². The lowest BCUT2D eigenvalue weighted by molar-refractivity contribution is -0.113. The van der Waals surface area contributed by atoms with Crippen molar-refractivity contribution in [1.29, 1.82) is 0 Å². The van der Waals surface area contributed by atoms with Gasteiger partial charge >= 0.3 is 0 Å². The zero-order chi connectivity index (χ0) is 31.3. The van der Waals surface area contributed by atoms with Crippen LogP contribution in [0.3, 0.4) is 0 Å². The van der Waals surface area contributed by atoms with Gasteiger partial charge in [0.1, 0.15) is 0 Å². The third-order valence-corrected chi connectivity index (χ3v) is 9.86. The number of ketones is 2. The summed E-state index contributed by atoms with van der Waals surface area (Å²) in [6, 6.07) is 10.5. The third-order valence-electron chi connectivity index (χ3n) is 7.11. The Balaban J connectivity index is 1.84. The van der Waals surface area contributed by atoms with Crippen LogP contribution < -0.4 is 0 Å². The second-order valence-electron chi connectivity index (χ2n) is 10.3. The molecule has 0 aliphatic heterocycles. The molecule has 0 unspecified atom stereocenters. The molecule has 43 heavy (non-hydrogen) atoms. The molecule has 0 spiro atoms. The molecule has 3 aromatic rings. The summed E-state index contributed by atoms with van der Waals surface area (Å²) in [4.78, 5) is 26.9. The smallest absolute Gasteiger partial charge is 0.184 e. The Morgan fingerprint density at radius 3 is 1.07 bits per heavy atom. The summed E-state index contributed by atoms with van der Waals surface area (Å²) in [6.45, 7) is 7.12. The van der Waals surface area contributed by atoms with Gasteiger partial charge in [-0.2, -0.15) is 0 Å². The van der Waals surface area contributed by atoms with Gasteiger partial charge in [0.05, 0.1) is 20.1 Å². The van der Waals surface area contributed by atoms with E-state index in [2.05, 4.69) is 0 Å². The van der Waals surface area contributed by atoms with Crippen molar-refractivity contribution in [3.8, 4) is 0 Å². The lowest BCUT2D eigenvalue weighted by Crippen LogP contribution is -2.07. The Morgan fingerprint density at radius 1 is 0.512 bits per heavy atom. The van der Waals surface area contributed by atoms with Crippen LogP contribution in [-0.4, -0.2) is 11.6 Å². The molecule has 2 aliphatic carbocycles. The summed E-state index contributed by atoms with van der Waals surface area (Å²) in [5.41, 5.74) is 6.61. The molecule has 2 nitrogen and oxygen atoms in total. The fraction of sp³-hybridized carbons (Fsp3) is 0.118. The molecule has 0 saturated carbocycles. The van der Waals surface area contributed by atoms with E-state index in [1.807, 2.05) is 36.4 Å². The lowest BCUT2D eigenvalue weighted by atomic mass is 9.89. The molecular formula is C34H22Cl6O2S. The van der Waals surface area contributed by atoms with Crippen molar-refractivity contribution >= 4 is 104 Å². The predicted octanol–water partition coefficient (Wildman–Crippen LogP) is 12.2. The van der Waals surface area contributed by atoms with Gasteiger partial charge in [0.2, 0.25) is 0 Å². The number of carbonyl (C=O) groups excluding carboxylic acids is 2. The van der Waals surface area contributed by atoms with Crippen molar-refractivity contribution < 1.29 is 9.59 Å². The molecule has 0 fully saturated rings. The SMILES string of the molecule is CC1=CC(=C(c2ccc(C(=C3C=C(C)C(=O)C(C)=C3)c3c(Cl)cc(Cl)cc3Cl)s2)c2c(Cl)cc(Cl)cc2Cl)C=C(C)C1=O. The first kappa shape index (κ1) is 32.1. The Labute approximate surface area is 284 Å². The van der Waals surface area contributed by atoms with Gasteiger partial charge in [-0.1, -0.05) is 69.6 Å². The topological polar surface area (TPSA) is 34.1 Å². The molecule has 1 heterocycles. The minimum absolute atomic E-state index is 0.0292. The zero-order valence-corrected chi connectivity index (χ0v) is 28.6. The summed E-state index contributed by atoms with van der Waals surface area (Å²) in [5, 5.41) is 2.29. The summed E-state index contributed by atoms with van der Waals surface area (Å²) in [5.74, 6) is -0.0584. The van der Waals surface area contributed by atoms with E-state index < -0.39 is 0 Å². The predicted molar refractivity (Wildman–Crippen MR) is 184 cm³/mol. The highest BCUT2D eigenvalue weighted by Gasteiger charge is 2.26. The van der Waals surface area contributed by atoms with Gasteiger partial charge in [-0.15, -0.1) is 11.3 Å². The van der Waals surface area contributed by atoms with Gasteiger partial charge in [-0.3, -0.25) is 9.59 Å². The van der Waals surface area contributed by atoms with Crippen LogP contribution in [0.4, 0.5) is 0 Å². The standard InChI is InChI=1S/C34H22Cl6O2S/c1-15-7-19(8-16(2)33(15)41)29(31-23(37)11-21(35)12-24(31)38)27-5-6-28(43-27)30(20-9-17(3)34(42)18(4)10-20)32-25(39)13-22(36)14-26(32)40/h5-14H,1-4H3. The number of rotatable bonds is 4. The minimum Gasteiger partial charge on any atom is -0.289 e. The summed E-state index contributed by atoms with van der Waals surface area (Å²) >= 11 is 41.1. The highest BCUT2D eigenvalue weighted by Crippen LogP contribution is 2.47. The van der Waals surface area contributed by atoms with Crippen molar-refractivity contribution in [3.05, 3.63) is 145 Å². The molecule has 0 bridgehead atoms. The molecule has 0 atom stereocenters. The minimum atomic E-state index is -0.0292. The number of hydrogen-bond donors (Lipinski definition) is 0. The van der Waals surface area contributed by atoms with Crippen LogP contribution in [0.15, 0.2) is 94.1 Å². The van der Waals surface area contributed by atoms with E-state index in [1.54, 1.807) is 52.0 Å². The molecule has 2 aromatic carbocycles. The second kappa shape index (κ2) is 12.6. The van der Waals surface area contributed by atoms with Crippen LogP contribution in [0.1, 0.15) is 48.6 Å². The third kappa shape index (κ3) is 6.28. The monoisotopic (exact) mass is 704 g/mol. The van der Waals surface area contributed by atoms with Crippen molar-refractivity contribution in [2.75, 3.05) is 0 Å². The number of thiophene rings is 1. The Morgan fingerprint density at radius 2 is 0.791 bits per heavy atom. The average molecular weight is 707 g/mol. The number of halogens is 6. The normalized spacial score (nSPS) is 15.3. The lowest BCUT2D eigenvalue weighted by Gasteiger charge is -2.19. The van der Waals surface area contributed by atoms with Gasteiger partial charge in [0.15, 0.2) is 11.6 Å². The van der Waals surface area contributed by atoms with Gasteiger partial charge in [0, 0.05) is 42.1 Å². The number of hydrogen-bond acceptors (Lipinski definition) is 3. The van der Waals surface area contributed by atoms with Gasteiger partial charge < -0.3 is 0 Å². The van der Waals surface area contributed by atoms with Crippen molar-refractivity contribution in [3.63, 3.8) is 0 Å². The van der Waals surface area contributed by atoms with Crippen LogP contribution in [0.5, 0.6) is 0 Å². The highest BCUT2D eigenvalue weighted by atomic mass is 35.5. The molecule has 0 saturated heterocycles.